The molecule has 2 heterocycles. The van der Waals surface area contributed by atoms with Gasteiger partial charge >= 0.3 is 0 Å². The number of allylic oxidation sites excluding steroid dienone is 1. The first-order chi connectivity index (χ1) is 13.2. The third-order valence-electron chi connectivity index (χ3n) is 7.89. The molecule has 1 aromatic rings. The van der Waals surface area contributed by atoms with Crippen LogP contribution in [-0.2, 0) is 11.8 Å². The summed E-state index contributed by atoms with van der Waals surface area (Å²) in [6.45, 7) is 3.46. The van der Waals surface area contributed by atoms with Gasteiger partial charge in [-0.05, 0) is 75.2 Å². The van der Waals surface area contributed by atoms with Crippen LogP contribution in [0.25, 0.3) is 0 Å². The molecule has 1 aromatic carbocycles. The lowest BCUT2D eigenvalue weighted by molar-refractivity contribution is -0.0218. The van der Waals surface area contributed by atoms with Crippen LogP contribution in [0.1, 0.15) is 63.0 Å². The molecular formula is C24H33NO2. The lowest BCUT2D eigenvalue weighted by Gasteiger charge is -2.58. The van der Waals surface area contributed by atoms with Crippen molar-refractivity contribution in [1.82, 2.24) is 4.90 Å². The second-order valence-corrected chi connectivity index (χ2v) is 9.09. The Hall–Kier alpha value is -1.48. The van der Waals surface area contributed by atoms with E-state index in [0.717, 1.165) is 17.4 Å². The summed E-state index contributed by atoms with van der Waals surface area (Å²) in [7, 11) is 4.11. The van der Waals surface area contributed by atoms with Crippen LogP contribution < -0.4 is 9.47 Å². The molecule has 3 nitrogen and oxygen atoms in total. The van der Waals surface area contributed by atoms with Gasteiger partial charge < -0.3 is 14.4 Å². The molecule has 5 rings (SSSR count). The number of piperidine rings is 1. The summed E-state index contributed by atoms with van der Waals surface area (Å²) in [5, 5.41) is 0. The number of likely N-dealkylation sites (N-methyl/N-ethyl adjacent to an activating group) is 1. The van der Waals surface area contributed by atoms with E-state index in [0.29, 0.717) is 6.04 Å². The van der Waals surface area contributed by atoms with E-state index < -0.39 is 0 Å². The van der Waals surface area contributed by atoms with E-state index in [4.69, 9.17) is 9.47 Å². The van der Waals surface area contributed by atoms with Gasteiger partial charge in [0.2, 0.25) is 0 Å². The minimum atomic E-state index is 0.184. The number of methoxy groups -OCH3 is 1. The Morgan fingerprint density at radius 1 is 1.33 bits per heavy atom. The summed E-state index contributed by atoms with van der Waals surface area (Å²) >= 11 is 0. The Bertz CT molecular complexity index is 770. The third kappa shape index (κ3) is 2.36. The van der Waals surface area contributed by atoms with Crippen molar-refractivity contribution in [1.29, 1.82) is 0 Å². The van der Waals surface area contributed by atoms with Gasteiger partial charge in [0.25, 0.3) is 0 Å². The quantitative estimate of drug-likeness (QED) is 0.547. The van der Waals surface area contributed by atoms with Crippen LogP contribution >= 0.6 is 0 Å². The zero-order valence-corrected chi connectivity index (χ0v) is 17.1. The van der Waals surface area contributed by atoms with Crippen molar-refractivity contribution in [3.05, 3.63) is 34.9 Å². The highest BCUT2D eigenvalue weighted by Crippen LogP contribution is 2.64. The molecule has 27 heavy (non-hydrogen) atoms. The molecule has 146 valence electrons. The van der Waals surface area contributed by atoms with E-state index in [1.54, 1.807) is 12.7 Å². The number of nitrogens with zero attached hydrogens (tertiary/aromatic N) is 1. The molecule has 3 heteroatoms. The maximum absolute atomic E-state index is 6.79. The largest absolute Gasteiger partial charge is 0.493 e. The van der Waals surface area contributed by atoms with Crippen molar-refractivity contribution in [2.45, 2.75) is 75.9 Å². The molecule has 0 radical (unpaired) electrons. The van der Waals surface area contributed by atoms with Gasteiger partial charge in [0.1, 0.15) is 6.10 Å². The number of unbranched alkanes of at least 4 members (excludes halogenated alkanes) is 3. The molecule has 1 saturated heterocycles. The average molecular weight is 368 g/mol. The summed E-state index contributed by atoms with van der Waals surface area (Å²) < 4.78 is 12.5. The fraction of sp³-hybridized carbons (Fsp3) is 0.667. The third-order valence-corrected chi connectivity index (χ3v) is 7.89. The minimum absolute atomic E-state index is 0.184. The van der Waals surface area contributed by atoms with Gasteiger partial charge in [0.05, 0.1) is 7.11 Å². The maximum atomic E-state index is 6.79. The Morgan fingerprint density at radius 2 is 2.22 bits per heavy atom. The van der Waals surface area contributed by atoms with E-state index in [9.17, 15) is 0 Å². The summed E-state index contributed by atoms with van der Waals surface area (Å²) in [6, 6.07) is 5.11. The first kappa shape index (κ1) is 17.6. The molecule has 1 saturated carbocycles. The van der Waals surface area contributed by atoms with Gasteiger partial charge in [-0.1, -0.05) is 31.9 Å². The fourth-order valence-corrected chi connectivity index (χ4v) is 6.64. The summed E-state index contributed by atoms with van der Waals surface area (Å²) in [5.74, 6) is 2.71. The number of hydrogen-bond acceptors (Lipinski definition) is 3. The molecule has 0 amide bonds. The highest BCUT2D eigenvalue weighted by molar-refractivity contribution is 5.62. The van der Waals surface area contributed by atoms with Crippen LogP contribution in [0.3, 0.4) is 0 Å². The first-order valence-corrected chi connectivity index (χ1v) is 11.0. The van der Waals surface area contributed by atoms with Crippen molar-refractivity contribution < 1.29 is 9.47 Å². The molecule has 0 N–H and O–H groups in total. The number of benzene rings is 1. The molecule has 2 bridgehead atoms. The molecule has 2 aliphatic carbocycles. The van der Waals surface area contributed by atoms with Crippen molar-refractivity contribution in [3.8, 4) is 11.5 Å². The Balaban J connectivity index is 1.61. The smallest absolute Gasteiger partial charge is 0.166 e. The molecule has 0 aromatic heterocycles. The monoisotopic (exact) mass is 367 g/mol. The molecule has 2 aliphatic heterocycles. The highest BCUT2D eigenvalue weighted by atomic mass is 16.5. The molecule has 4 atom stereocenters. The van der Waals surface area contributed by atoms with Crippen LogP contribution in [0, 0.1) is 5.92 Å². The van der Waals surface area contributed by atoms with E-state index in [2.05, 4.69) is 37.1 Å². The van der Waals surface area contributed by atoms with Crippen LogP contribution in [0.15, 0.2) is 23.8 Å². The Labute approximate surface area is 163 Å². The van der Waals surface area contributed by atoms with Gasteiger partial charge in [-0.2, -0.15) is 0 Å². The van der Waals surface area contributed by atoms with Crippen molar-refractivity contribution in [2.75, 3.05) is 20.7 Å². The van der Waals surface area contributed by atoms with E-state index >= 15 is 0 Å². The number of hydrogen-bond donors (Lipinski definition) is 0. The topological polar surface area (TPSA) is 21.7 Å². The van der Waals surface area contributed by atoms with Gasteiger partial charge in [-0.25, -0.2) is 0 Å². The molecule has 1 spiro atoms. The fourth-order valence-electron chi connectivity index (χ4n) is 6.64. The number of ether oxygens (including phenoxy) is 2. The average Bonchev–Trinajstić information content (AvgIpc) is 3.03. The zero-order valence-electron chi connectivity index (χ0n) is 17.1. The van der Waals surface area contributed by atoms with Crippen LogP contribution in [0.2, 0.25) is 0 Å². The van der Waals surface area contributed by atoms with E-state index in [1.807, 2.05) is 0 Å². The normalized spacial score (nSPS) is 35.1. The van der Waals surface area contributed by atoms with Crippen molar-refractivity contribution in [2.24, 2.45) is 5.92 Å². The number of likely N-dealkylation sites (tertiary alicyclic amines) is 1. The molecule has 2 fully saturated rings. The van der Waals surface area contributed by atoms with E-state index in [1.165, 1.54) is 69.0 Å². The van der Waals surface area contributed by atoms with Crippen molar-refractivity contribution in [3.63, 3.8) is 0 Å². The van der Waals surface area contributed by atoms with Crippen LogP contribution in [0.4, 0.5) is 0 Å². The van der Waals surface area contributed by atoms with Gasteiger partial charge in [-0.15, -0.1) is 0 Å². The van der Waals surface area contributed by atoms with Gasteiger partial charge in [-0.3, -0.25) is 0 Å². The number of rotatable bonds is 5. The zero-order chi connectivity index (χ0) is 18.6. The van der Waals surface area contributed by atoms with E-state index in [-0.39, 0.29) is 11.5 Å². The summed E-state index contributed by atoms with van der Waals surface area (Å²) in [5.41, 5.74) is 4.77. The Kier molecular flexibility index (Phi) is 4.27. The van der Waals surface area contributed by atoms with Crippen molar-refractivity contribution >= 4 is 0 Å². The molecular weight excluding hydrogens is 334 g/mol. The lowest BCUT2D eigenvalue weighted by atomic mass is 9.51. The SMILES string of the molecule is CCCCC/C=C1/CC[C@H]2[C@H]3Cc4ccc(OC)c5c4[C@@]2(CCN3C)[C@H]1O5. The first-order valence-electron chi connectivity index (χ1n) is 11.0. The van der Waals surface area contributed by atoms with Crippen LogP contribution in [0.5, 0.6) is 11.5 Å². The predicted molar refractivity (Wildman–Crippen MR) is 109 cm³/mol. The summed E-state index contributed by atoms with van der Waals surface area (Å²) in [4.78, 5) is 2.62. The standard InChI is InChI=1S/C24H33NO2/c1-4-5-6-7-8-16-9-11-18-19-15-17-10-12-20(26-3)22-21(17)24(18,23(16)27-22)13-14-25(19)2/h8,10,12,18-19,23H,4-7,9,11,13-15H2,1-3H3/b16-8-/t18-,19+,23-,24-/m0/s1. The predicted octanol–water partition coefficient (Wildman–Crippen LogP) is 4.87. The lowest BCUT2D eigenvalue weighted by Crippen LogP contribution is -2.63. The minimum Gasteiger partial charge on any atom is -0.493 e. The molecule has 0 unspecified atom stereocenters. The van der Waals surface area contributed by atoms with Crippen LogP contribution in [-0.4, -0.2) is 37.7 Å². The summed E-state index contributed by atoms with van der Waals surface area (Å²) in [6.07, 6.45) is 12.8. The van der Waals surface area contributed by atoms with Gasteiger partial charge in [0, 0.05) is 17.0 Å². The second kappa shape index (κ2) is 6.55. The van der Waals surface area contributed by atoms with Gasteiger partial charge in [0.15, 0.2) is 11.5 Å². The maximum Gasteiger partial charge on any atom is 0.166 e. The molecule has 4 aliphatic rings. The highest BCUT2D eigenvalue weighted by Gasteiger charge is 2.64. The second-order valence-electron chi connectivity index (χ2n) is 9.09. The Morgan fingerprint density at radius 3 is 3.04 bits per heavy atom.